The normalized spacial score (nSPS) is 14.0. The molecule has 2 unspecified atom stereocenters. The summed E-state index contributed by atoms with van der Waals surface area (Å²) in [5.41, 5.74) is -1.41. The van der Waals surface area contributed by atoms with Gasteiger partial charge < -0.3 is 20.3 Å². The van der Waals surface area contributed by atoms with Gasteiger partial charge in [0, 0.05) is 6.07 Å². The predicted octanol–water partition coefficient (Wildman–Crippen LogP) is 2.35. The van der Waals surface area contributed by atoms with Crippen LogP contribution in [-0.4, -0.2) is 33.9 Å². The Kier molecular flexibility index (Phi) is 5.75. The van der Waals surface area contributed by atoms with Gasteiger partial charge in [0.2, 0.25) is 5.88 Å². The average molecular weight is 320 g/mol. The molecule has 0 saturated carbocycles. The second kappa shape index (κ2) is 7.12. The number of halogens is 3. The number of carboxylic acid groups (broad SMARTS) is 1. The molecule has 0 aliphatic heterocycles. The number of nitrogens with zero attached hydrogens (tertiary/aromatic N) is 1. The van der Waals surface area contributed by atoms with Crippen molar-refractivity contribution in [1.82, 2.24) is 10.3 Å². The van der Waals surface area contributed by atoms with Gasteiger partial charge in [0.25, 0.3) is 0 Å². The lowest BCUT2D eigenvalue weighted by Gasteiger charge is -2.20. The maximum Gasteiger partial charge on any atom is 0.416 e. The first-order valence-corrected chi connectivity index (χ1v) is 6.15. The summed E-state index contributed by atoms with van der Waals surface area (Å²) in [4.78, 5) is 14.3. The van der Waals surface area contributed by atoms with Crippen LogP contribution in [0.1, 0.15) is 24.3 Å². The number of rotatable bonds is 6. The molecular weight excluding hydrogens is 305 g/mol. The number of hydrogen-bond donors (Lipinski definition) is 3. The molecule has 6 nitrogen and oxygen atoms in total. The average Bonchev–Trinajstić information content (AvgIpc) is 2.42. The third-order valence-corrected chi connectivity index (χ3v) is 2.63. The zero-order chi connectivity index (χ0) is 16.9. The number of aliphatic hydroxyl groups is 1. The number of carbonyl (C=O) groups is 1. The fourth-order valence-corrected chi connectivity index (χ4v) is 1.59. The Morgan fingerprint density at radius 3 is 2.68 bits per heavy atom. The zero-order valence-corrected chi connectivity index (χ0v) is 11.6. The standard InChI is InChI=1S/C13H15F3N2O4/c1-3-4-22-10-6-8(13(14,15)16)5-9(18-10)11(19)7(2)17-12(20)21/h3,5-7,11,17,19H,1,4H2,2H3,(H,20,21). The van der Waals surface area contributed by atoms with E-state index >= 15 is 0 Å². The van der Waals surface area contributed by atoms with Crippen LogP contribution in [0.3, 0.4) is 0 Å². The largest absolute Gasteiger partial charge is 0.473 e. The number of amides is 1. The van der Waals surface area contributed by atoms with Gasteiger partial charge in [-0.25, -0.2) is 9.78 Å². The molecule has 0 aliphatic carbocycles. The van der Waals surface area contributed by atoms with E-state index in [2.05, 4.69) is 11.6 Å². The highest BCUT2D eigenvalue weighted by atomic mass is 19.4. The molecular formula is C13H15F3N2O4. The van der Waals surface area contributed by atoms with Crippen LogP contribution in [0.15, 0.2) is 24.8 Å². The van der Waals surface area contributed by atoms with E-state index < -0.39 is 30.0 Å². The number of hydrogen-bond acceptors (Lipinski definition) is 4. The van der Waals surface area contributed by atoms with Crippen molar-refractivity contribution in [2.45, 2.75) is 25.2 Å². The molecule has 1 amide bonds. The van der Waals surface area contributed by atoms with Crippen LogP contribution in [0.25, 0.3) is 0 Å². The topological polar surface area (TPSA) is 91.7 Å². The number of alkyl halides is 3. The smallest absolute Gasteiger partial charge is 0.416 e. The molecule has 3 N–H and O–H groups in total. The molecule has 1 heterocycles. The number of aliphatic hydroxyl groups excluding tert-OH is 1. The SMILES string of the molecule is C=CCOc1cc(C(F)(F)F)cc(C(O)C(C)NC(=O)O)n1. The Balaban J connectivity index is 3.16. The van der Waals surface area contributed by atoms with Crippen LogP contribution in [0.4, 0.5) is 18.0 Å². The van der Waals surface area contributed by atoms with Crippen molar-refractivity contribution in [3.8, 4) is 5.88 Å². The minimum Gasteiger partial charge on any atom is -0.473 e. The van der Waals surface area contributed by atoms with Crippen LogP contribution in [0.2, 0.25) is 0 Å². The van der Waals surface area contributed by atoms with Crippen molar-refractivity contribution in [2.24, 2.45) is 0 Å². The van der Waals surface area contributed by atoms with Gasteiger partial charge in [-0.1, -0.05) is 12.7 Å². The fraction of sp³-hybridized carbons (Fsp3) is 0.385. The third-order valence-electron chi connectivity index (χ3n) is 2.63. The molecule has 2 atom stereocenters. The van der Waals surface area contributed by atoms with Gasteiger partial charge in [-0.05, 0) is 13.0 Å². The first-order chi connectivity index (χ1) is 10.1. The highest BCUT2D eigenvalue weighted by Gasteiger charge is 2.33. The summed E-state index contributed by atoms with van der Waals surface area (Å²) < 4.78 is 43.5. The van der Waals surface area contributed by atoms with Gasteiger partial charge in [-0.3, -0.25) is 0 Å². The van der Waals surface area contributed by atoms with Crippen molar-refractivity contribution >= 4 is 6.09 Å². The number of pyridine rings is 1. The Morgan fingerprint density at radius 2 is 2.18 bits per heavy atom. The lowest BCUT2D eigenvalue weighted by atomic mass is 10.1. The second-order valence-corrected chi connectivity index (χ2v) is 4.40. The Hall–Kier alpha value is -2.29. The fourth-order valence-electron chi connectivity index (χ4n) is 1.59. The van der Waals surface area contributed by atoms with Crippen molar-refractivity contribution in [3.63, 3.8) is 0 Å². The molecule has 0 saturated heterocycles. The summed E-state index contributed by atoms with van der Waals surface area (Å²) in [5, 5.41) is 20.5. The minimum absolute atomic E-state index is 0.0627. The Labute approximate surface area is 124 Å². The molecule has 0 aromatic carbocycles. The van der Waals surface area contributed by atoms with Crippen LogP contribution in [-0.2, 0) is 6.18 Å². The minimum atomic E-state index is -4.66. The van der Waals surface area contributed by atoms with E-state index in [1.54, 1.807) is 0 Å². The van der Waals surface area contributed by atoms with E-state index in [4.69, 9.17) is 9.84 Å². The van der Waals surface area contributed by atoms with Crippen molar-refractivity contribution < 1.29 is 32.9 Å². The van der Waals surface area contributed by atoms with Gasteiger partial charge in [-0.15, -0.1) is 0 Å². The van der Waals surface area contributed by atoms with Gasteiger partial charge >= 0.3 is 12.3 Å². The molecule has 0 bridgehead atoms. The van der Waals surface area contributed by atoms with E-state index in [1.165, 1.54) is 13.0 Å². The maximum absolute atomic E-state index is 12.8. The summed E-state index contributed by atoms with van der Waals surface area (Å²) in [6.07, 6.45) is -6.31. The maximum atomic E-state index is 12.8. The molecule has 1 rings (SSSR count). The van der Waals surface area contributed by atoms with Crippen molar-refractivity contribution in [3.05, 3.63) is 36.0 Å². The third kappa shape index (κ3) is 4.92. The van der Waals surface area contributed by atoms with Gasteiger partial charge in [0.1, 0.15) is 12.7 Å². The first kappa shape index (κ1) is 17.8. The molecule has 0 fully saturated rings. The van der Waals surface area contributed by atoms with Gasteiger partial charge in [0.15, 0.2) is 0 Å². The molecule has 0 aliphatic rings. The van der Waals surface area contributed by atoms with E-state index in [-0.39, 0.29) is 18.2 Å². The Bertz CT molecular complexity index is 549. The monoisotopic (exact) mass is 320 g/mol. The van der Waals surface area contributed by atoms with Gasteiger partial charge in [0.05, 0.1) is 17.3 Å². The molecule has 1 aromatic heterocycles. The van der Waals surface area contributed by atoms with Crippen LogP contribution in [0.5, 0.6) is 5.88 Å². The summed E-state index contributed by atoms with van der Waals surface area (Å²) in [5.74, 6) is -0.341. The zero-order valence-electron chi connectivity index (χ0n) is 11.6. The van der Waals surface area contributed by atoms with E-state index in [0.717, 1.165) is 0 Å². The number of nitrogens with one attached hydrogen (secondary N) is 1. The Morgan fingerprint density at radius 1 is 1.55 bits per heavy atom. The summed E-state index contributed by atoms with van der Waals surface area (Å²) in [6, 6.07) is 0.279. The summed E-state index contributed by atoms with van der Waals surface area (Å²) in [7, 11) is 0. The lowest BCUT2D eigenvalue weighted by Crippen LogP contribution is -2.36. The lowest BCUT2D eigenvalue weighted by molar-refractivity contribution is -0.137. The molecule has 9 heteroatoms. The first-order valence-electron chi connectivity index (χ1n) is 6.15. The highest BCUT2D eigenvalue weighted by Crippen LogP contribution is 2.33. The molecule has 1 aromatic rings. The number of ether oxygens (including phenoxy) is 1. The molecule has 0 radical (unpaired) electrons. The van der Waals surface area contributed by atoms with Crippen LogP contribution >= 0.6 is 0 Å². The quantitative estimate of drug-likeness (QED) is 0.700. The highest BCUT2D eigenvalue weighted by molar-refractivity contribution is 5.64. The van der Waals surface area contributed by atoms with Crippen molar-refractivity contribution in [2.75, 3.05) is 6.61 Å². The van der Waals surface area contributed by atoms with E-state index in [1.807, 2.05) is 5.32 Å². The van der Waals surface area contributed by atoms with Crippen molar-refractivity contribution in [1.29, 1.82) is 0 Å². The summed E-state index contributed by atoms with van der Waals surface area (Å²) in [6.45, 7) is 4.60. The number of aromatic nitrogens is 1. The van der Waals surface area contributed by atoms with Crippen LogP contribution < -0.4 is 10.1 Å². The molecule has 122 valence electrons. The second-order valence-electron chi connectivity index (χ2n) is 4.40. The molecule has 22 heavy (non-hydrogen) atoms. The predicted molar refractivity (Wildman–Crippen MR) is 70.5 cm³/mol. The molecule has 0 spiro atoms. The summed E-state index contributed by atoms with van der Waals surface area (Å²) >= 11 is 0. The van der Waals surface area contributed by atoms with E-state index in [9.17, 15) is 23.1 Å². The van der Waals surface area contributed by atoms with E-state index in [0.29, 0.717) is 12.1 Å². The van der Waals surface area contributed by atoms with Gasteiger partial charge in [-0.2, -0.15) is 13.2 Å². The van der Waals surface area contributed by atoms with Crippen LogP contribution in [0, 0.1) is 0 Å².